The molecule has 2 aromatic heterocycles. The first-order valence-corrected chi connectivity index (χ1v) is 15.8. The quantitative estimate of drug-likeness (QED) is 0.264. The third-order valence-corrected chi connectivity index (χ3v) is 9.08. The van der Waals surface area contributed by atoms with Crippen LogP contribution in [0.4, 0.5) is 37.8 Å². The minimum Gasteiger partial charge on any atom is -0.467 e. The van der Waals surface area contributed by atoms with E-state index in [1.54, 1.807) is 37.8 Å². The van der Waals surface area contributed by atoms with Crippen molar-refractivity contribution in [2.75, 3.05) is 52.5 Å². The summed E-state index contributed by atoms with van der Waals surface area (Å²) in [6, 6.07) is 0.215. The number of nitrogen functional groups attached to an aromatic ring is 1. The van der Waals surface area contributed by atoms with Crippen LogP contribution in [0.5, 0.6) is 6.01 Å². The van der Waals surface area contributed by atoms with E-state index >= 15 is 4.39 Å². The molecular formula is C30H34Cl2F6N8O3. The van der Waals surface area contributed by atoms with Gasteiger partial charge in [-0.2, -0.15) is 28.2 Å². The summed E-state index contributed by atoms with van der Waals surface area (Å²) in [7, 11) is 7.90. The van der Waals surface area contributed by atoms with E-state index in [0.29, 0.717) is 42.3 Å². The molecule has 1 fully saturated rings. The van der Waals surface area contributed by atoms with Crippen molar-refractivity contribution in [3.8, 4) is 6.01 Å². The number of ether oxygens (including phenoxy) is 2. The van der Waals surface area contributed by atoms with E-state index < -0.39 is 51.9 Å². The number of nitrogens with zero attached hydrogens (tertiary/aromatic N) is 7. The summed E-state index contributed by atoms with van der Waals surface area (Å²) in [6.45, 7) is 0.992. The Bertz CT molecular complexity index is 1750. The van der Waals surface area contributed by atoms with Crippen molar-refractivity contribution < 1.29 is 40.6 Å². The molecule has 2 unspecified atom stereocenters. The molecule has 1 saturated carbocycles. The van der Waals surface area contributed by atoms with Crippen LogP contribution in [-0.2, 0) is 37.0 Å². The predicted molar refractivity (Wildman–Crippen MR) is 169 cm³/mol. The van der Waals surface area contributed by atoms with E-state index in [9.17, 15) is 26.7 Å². The Hall–Kier alpha value is -3.54. The van der Waals surface area contributed by atoms with Crippen molar-refractivity contribution in [1.82, 2.24) is 29.5 Å². The molecule has 6 rings (SSSR count). The van der Waals surface area contributed by atoms with Crippen molar-refractivity contribution in [3.63, 3.8) is 0 Å². The van der Waals surface area contributed by atoms with Crippen LogP contribution < -0.4 is 15.4 Å². The van der Waals surface area contributed by atoms with Crippen LogP contribution in [0.2, 0.25) is 10.0 Å². The molecule has 3 aromatic rings. The number of rotatable bonds is 5. The van der Waals surface area contributed by atoms with Crippen LogP contribution in [0.15, 0.2) is 6.07 Å². The van der Waals surface area contributed by atoms with Gasteiger partial charge in [0, 0.05) is 51.2 Å². The number of carbonyl (C=O) groups excluding carboxylic acids is 1. The highest BCUT2D eigenvalue weighted by Crippen LogP contribution is 2.46. The molecule has 19 heteroatoms. The first-order chi connectivity index (χ1) is 22.8. The SMILES string of the molecule is CN(C)C1CC1(F)F.COc1nc2c(c(N3CCCn4nc(C(=O)N(C)C)c(Cl)c4C3)n1)COC(c1c(F)c(N)cc(Cl)c1C(F)(F)F)C2. The normalized spacial score (nSPS) is 19.8. The molecule has 268 valence electrons. The summed E-state index contributed by atoms with van der Waals surface area (Å²) < 4.78 is 93.7. The Kier molecular flexibility index (Phi) is 10.2. The zero-order valence-electron chi connectivity index (χ0n) is 27.1. The van der Waals surface area contributed by atoms with Gasteiger partial charge in [0.25, 0.3) is 11.8 Å². The summed E-state index contributed by atoms with van der Waals surface area (Å²) in [6.07, 6.45) is -5.91. The van der Waals surface area contributed by atoms with Gasteiger partial charge >= 0.3 is 12.2 Å². The highest BCUT2D eigenvalue weighted by atomic mass is 35.5. The number of hydrogen-bond donors (Lipinski definition) is 1. The lowest BCUT2D eigenvalue weighted by Gasteiger charge is -2.31. The fourth-order valence-corrected chi connectivity index (χ4v) is 6.40. The van der Waals surface area contributed by atoms with E-state index in [-0.39, 0.29) is 48.6 Å². The number of alkyl halides is 5. The number of nitrogens with two attached hydrogens (primary N) is 1. The second-order valence-corrected chi connectivity index (χ2v) is 13.0. The van der Waals surface area contributed by atoms with Crippen LogP contribution in [0.1, 0.15) is 57.5 Å². The third kappa shape index (κ3) is 7.35. The smallest absolute Gasteiger partial charge is 0.418 e. The molecule has 4 heterocycles. The van der Waals surface area contributed by atoms with Gasteiger partial charge in [0.15, 0.2) is 11.5 Å². The van der Waals surface area contributed by atoms with E-state index in [2.05, 4.69) is 15.1 Å². The summed E-state index contributed by atoms with van der Waals surface area (Å²) >= 11 is 12.5. The van der Waals surface area contributed by atoms with Crippen molar-refractivity contribution in [2.45, 2.75) is 63.2 Å². The monoisotopic (exact) mass is 738 g/mol. The number of amides is 1. The Labute approximate surface area is 287 Å². The number of carbonyl (C=O) groups is 1. The maximum absolute atomic E-state index is 15.1. The Morgan fingerprint density at radius 2 is 1.84 bits per heavy atom. The lowest BCUT2D eigenvalue weighted by Crippen LogP contribution is -2.29. The molecule has 0 radical (unpaired) electrons. The van der Waals surface area contributed by atoms with E-state index in [1.807, 2.05) is 4.90 Å². The number of benzene rings is 1. The zero-order chi connectivity index (χ0) is 36.2. The largest absolute Gasteiger partial charge is 0.467 e. The molecule has 49 heavy (non-hydrogen) atoms. The fourth-order valence-electron chi connectivity index (χ4n) is 5.80. The average molecular weight is 740 g/mol. The molecule has 2 N–H and O–H groups in total. The molecule has 2 aliphatic heterocycles. The molecule has 11 nitrogen and oxygen atoms in total. The first kappa shape index (κ1) is 36.7. The number of halogens is 8. The summed E-state index contributed by atoms with van der Waals surface area (Å²) in [5, 5.41) is 3.90. The predicted octanol–water partition coefficient (Wildman–Crippen LogP) is 5.61. The van der Waals surface area contributed by atoms with Crippen LogP contribution in [0.3, 0.4) is 0 Å². The van der Waals surface area contributed by atoms with E-state index in [4.69, 9.17) is 38.4 Å². The van der Waals surface area contributed by atoms with Crippen LogP contribution in [0, 0.1) is 5.82 Å². The minimum absolute atomic E-state index is 0.0335. The summed E-state index contributed by atoms with van der Waals surface area (Å²) in [5.74, 6) is -3.56. The van der Waals surface area contributed by atoms with Gasteiger partial charge in [0.2, 0.25) is 0 Å². The van der Waals surface area contributed by atoms with Gasteiger partial charge in [0.05, 0.1) is 65.1 Å². The topological polar surface area (TPSA) is 115 Å². The van der Waals surface area contributed by atoms with E-state index in [0.717, 1.165) is 6.07 Å². The van der Waals surface area contributed by atoms with Gasteiger partial charge in [-0.3, -0.25) is 9.48 Å². The van der Waals surface area contributed by atoms with Gasteiger partial charge in [-0.1, -0.05) is 23.2 Å². The van der Waals surface area contributed by atoms with Crippen LogP contribution in [0.25, 0.3) is 0 Å². The molecule has 1 amide bonds. The lowest BCUT2D eigenvalue weighted by atomic mass is 9.93. The molecule has 0 bridgehead atoms. The average Bonchev–Trinajstić information content (AvgIpc) is 3.65. The molecule has 2 atom stereocenters. The number of methoxy groups -OCH3 is 1. The van der Waals surface area contributed by atoms with Crippen molar-refractivity contribution in [1.29, 1.82) is 0 Å². The third-order valence-electron chi connectivity index (χ3n) is 8.38. The molecule has 3 aliphatic rings. The number of anilines is 2. The van der Waals surface area contributed by atoms with Gasteiger partial charge in [-0.05, 0) is 26.6 Å². The van der Waals surface area contributed by atoms with Crippen LogP contribution >= 0.6 is 23.2 Å². The molecule has 0 saturated heterocycles. The van der Waals surface area contributed by atoms with Crippen LogP contribution in [-0.4, -0.2) is 89.3 Å². The summed E-state index contributed by atoms with van der Waals surface area (Å²) in [4.78, 5) is 26.3. The Morgan fingerprint density at radius 3 is 2.39 bits per heavy atom. The lowest BCUT2D eigenvalue weighted by molar-refractivity contribution is -0.140. The second-order valence-electron chi connectivity index (χ2n) is 12.3. The van der Waals surface area contributed by atoms with Crippen molar-refractivity contribution >= 4 is 40.6 Å². The standard InChI is InChI=1S/C25H25Cl2F4N7O3.C5H9F2N/c1-36(2)23(39)21-19(27)15-9-37(5-4-6-38(15)35-21)22-11-10-41-16(8-14(11)33-24(34-22)40-3)17-18(25(29,30)31)12(26)7-13(32)20(17)28;1-8(2)4-3-5(4,6)7/h7,16H,4-6,8-10,32H2,1-3H3;4H,3H2,1-2H3. The highest BCUT2D eigenvalue weighted by molar-refractivity contribution is 6.34. The molecule has 0 spiro atoms. The first-order valence-electron chi connectivity index (χ1n) is 15.0. The molecule has 1 aliphatic carbocycles. The Balaban J connectivity index is 0.000000514. The number of aryl methyl sites for hydroxylation is 1. The van der Waals surface area contributed by atoms with Gasteiger partial charge < -0.3 is 29.9 Å². The van der Waals surface area contributed by atoms with Crippen molar-refractivity contribution in [3.05, 3.63) is 55.7 Å². The molecular weight excluding hydrogens is 705 g/mol. The zero-order valence-corrected chi connectivity index (χ0v) is 28.6. The maximum Gasteiger partial charge on any atom is 0.418 e. The van der Waals surface area contributed by atoms with Gasteiger partial charge in [-0.25, -0.2) is 13.2 Å². The Morgan fingerprint density at radius 1 is 1.16 bits per heavy atom. The van der Waals surface area contributed by atoms with Gasteiger partial charge in [0.1, 0.15) is 5.82 Å². The maximum atomic E-state index is 15.1. The fraction of sp³-hybridized carbons (Fsp3) is 0.533. The second kappa shape index (κ2) is 13.6. The van der Waals surface area contributed by atoms with E-state index in [1.165, 1.54) is 12.0 Å². The molecule has 1 aromatic carbocycles. The minimum atomic E-state index is -4.96. The number of fused-ring (bicyclic) bond motifs is 2. The summed E-state index contributed by atoms with van der Waals surface area (Å²) in [5.41, 5.74) is 4.52. The number of hydrogen-bond acceptors (Lipinski definition) is 9. The number of aromatic nitrogens is 4. The van der Waals surface area contributed by atoms with Crippen molar-refractivity contribution in [2.24, 2.45) is 0 Å². The van der Waals surface area contributed by atoms with Gasteiger partial charge in [-0.15, -0.1) is 0 Å². The highest BCUT2D eigenvalue weighted by Gasteiger charge is 2.58.